The maximum Gasteiger partial charge on any atom is 0.350 e. The zero-order chi connectivity index (χ0) is 21.6. The van der Waals surface area contributed by atoms with E-state index in [-0.39, 0.29) is 47.4 Å². The lowest BCUT2D eigenvalue weighted by atomic mass is 10.1. The summed E-state index contributed by atoms with van der Waals surface area (Å²) in [5.74, 6) is -0.617. The highest BCUT2D eigenvalue weighted by Gasteiger charge is 2.61. The van der Waals surface area contributed by atoms with Crippen LogP contribution in [0.3, 0.4) is 0 Å². The Balaban J connectivity index is 3.08. The molecule has 0 saturated carbocycles. The quantitative estimate of drug-likeness (QED) is 0.365. The molecule has 1 saturated heterocycles. The van der Waals surface area contributed by atoms with E-state index in [4.69, 9.17) is 18.3 Å². The Kier molecular flexibility index (Phi) is 8.65. The van der Waals surface area contributed by atoms with E-state index in [1.807, 2.05) is 24.3 Å². The van der Waals surface area contributed by atoms with E-state index in [1.54, 1.807) is 0 Å². The van der Waals surface area contributed by atoms with Gasteiger partial charge in [0.05, 0.1) is 12.2 Å². The fourth-order valence-corrected chi connectivity index (χ4v) is 8.51. The number of carbonyl (C=O) groups excluding carboxylic acids is 2. The molecule has 1 fully saturated rings. The molecule has 1 heterocycles. The second-order valence-corrected chi connectivity index (χ2v) is 13.8. The molecule has 6 nitrogen and oxygen atoms in total. The molecule has 0 aromatic heterocycles. The first kappa shape index (κ1) is 24.6. The van der Waals surface area contributed by atoms with Crippen LogP contribution in [-0.4, -0.2) is 45.9 Å². The minimum atomic E-state index is -2.69. The van der Waals surface area contributed by atoms with Crippen LogP contribution in [-0.2, 0) is 27.9 Å². The van der Waals surface area contributed by atoms with Crippen molar-refractivity contribution >= 4 is 20.5 Å². The summed E-state index contributed by atoms with van der Waals surface area (Å²) in [5, 5.41) is -0.314. The molecular formula is C21H36O6Si. The van der Waals surface area contributed by atoms with E-state index in [1.165, 1.54) is 13.8 Å². The van der Waals surface area contributed by atoms with Gasteiger partial charge in [0, 0.05) is 30.3 Å². The molecule has 1 aliphatic rings. The third-order valence-corrected chi connectivity index (χ3v) is 9.76. The molecule has 2 unspecified atom stereocenters. The first-order valence-electron chi connectivity index (χ1n) is 9.74. The van der Waals surface area contributed by atoms with Gasteiger partial charge in [-0.3, -0.25) is 9.59 Å². The maximum atomic E-state index is 11.0. The summed E-state index contributed by atoms with van der Waals surface area (Å²) in [6, 6.07) is 0. The van der Waals surface area contributed by atoms with Crippen molar-refractivity contribution in [2.24, 2.45) is 0 Å². The monoisotopic (exact) mass is 412 g/mol. The van der Waals surface area contributed by atoms with E-state index in [0.717, 1.165) is 0 Å². The summed E-state index contributed by atoms with van der Waals surface area (Å²) < 4.78 is 23.3. The Bertz CT molecular complexity index is 545. The fourth-order valence-electron chi connectivity index (χ4n) is 3.59. The lowest BCUT2D eigenvalue weighted by Crippen LogP contribution is -2.63. The van der Waals surface area contributed by atoms with Gasteiger partial charge in [0.15, 0.2) is 0 Å². The van der Waals surface area contributed by atoms with Crippen LogP contribution in [0.1, 0.15) is 61.8 Å². The SMILES string of the molecule is CC(=O)OC/C=C/C1CC(/C=C/COC(C)=O)O[Si](C(C)(C)C)(C(C)(C)C)O1. The zero-order valence-corrected chi connectivity index (χ0v) is 19.5. The summed E-state index contributed by atoms with van der Waals surface area (Å²) in [5.41, 5.74) is 0. The average molecular weight is 413 g/mol. The van der Waals surface area contributed by atoms with Crippen molar-refractivity contribution in [1.82, 2.24) is 0 Å². The second-order valence-electron chi connectivity index (χ2n) is 9.13. The summed E-state index contributed by atoms with van der Waals surface area (Å²) >= 11 is 0. The summed E-state index contributed by atoms with van der Waals surface area (Å²) in [6.07, 6.45) is 7.92. The summed E-state index contributed by atoms with van der Waals surface area (Å²) in [7, 11) is -2.69. The molecule has 0 bridgehead atoms. The molecule has 1 aliphatic heterocycles. The van der Waals surface area contributed by atoms with E-state index in [0.29, 0.717) is 6.42 Å². The smallest absolute Gasteiger partial charge is 0.350 e. The van der Waals surface area contributed by atoms with Gasteiger partial charge >= 0.3 is 20.5 Å². The van der Waals surface area contributed by atoms with Crippen LogP contribution >= 0.6 is 0 Å². The Morgan fingerprint density at radius 1 is 0.857 bits per heavy atom. The standard InChI is InChI=1S/C21H36O6Si/c1-16(22)24-13-9-11-18-15-19(12-10-14-25-17(2)23)27-28(26-18,20(3,4)5)21(6,7)8/h9-12,18-19H,13-15H2,1-8H3/b11-9+,12-10+. The largest absolute Gasteiger partial charge is 0.462 e. The van der Waals surface area contributed by atoms with Gasteiger partial charge in [0.1, 0.15) is 13.2 Å². The molecule has 2 atom stereocenters. The molecule has 1 rings (SSSR count). The highest BCUT2D eigenvalue weighted by Crippen LogP contribution is 2.55. The molecule has 0 aromatic carbocycles. The van der Waals surface area contributed by atoms with Crippen molar-refractivity contribution in [1.29, 1.82) is 0 Å². The maximum absolute atomic E-state index is 11.0. The van der Waals surface area contributed by atoms with Gasteiger partial charge in [-0.15, -0.1) is 0 Å². The van der Waals surface area contributed by atoms with Crippen molar-refractivity contribution < 1.29 is 27.9 Å². The lowest BCUT2D eigenvalue weighted by molar-refractivity contribution is -0.140. The van der Waals surface area contributed by atoms with Crippen molar-refractivity contribution in [3.05, 3.63) is 24.3 Å². The highest BCUT2D eigenvalue weighted by molar-refractivity contribution is 6.73. The van der Waals surface area contributed by atoms with Crippen LogP contribution in [0, 0.1) is 0 Å². The van der Waals surface area contributed by atoms with Gasteiger partial charge in [-0.25, -0.2) is 0 Å². The number of esters is 2. The predicted octanol–water partition coefficient (Wildman–Crippen LogP) is 4.44. The first-order chi connectivity index (χ1) is 12.8. The van der Waals surface area contributed by atoms with E-state index >= 15 is 0 Å². The molecular weight excluding hydrogens is 376 g/mol. The van der Waals surface area contributed by atoms with Crippen LogP contribution in [0.4, 0.5) is 0 Å². The number of ether oxygens (including phenoxy) is 2. The number of hydrogen-bond donors (Lipinski definition) is 0. The topological polar surface area (TPSA) is 71.1 Å². The summed E-state index contributed by atoms with van der Waals surface area (Å²) in [6.45, 7) is 16.2. The van der Waals surface area contributed by atoms with Gasteiger partial charge in [0.2, 0.25) is 0 Å². The molecule has 0 spiro atoms. The third kappa shape index (κ3) is 6.86. The van der Waals surface area contributed by atoms with Crippen LogP contribution < -0.4 is 0 Å². The van der Waals surface area contributed by atoms with Crippen LogP contribution in [0.15, 0.2) is 24.3 Å². The Labute approximate surface area is 170 Å². The Morgan fingerprint density at radius 3 is 1.50 bits per heavy atom. The van der Waals surface area contributed by atoms with Gasteiger partial charge in [0.25, 0.3) is 0 Å². The first-order valence-corrected chi connectivity index (χ1v) is 11.6. The second kappa shape index (κ2) is 9.85. The molecule has 0 N–H and O–H groups in total. The average Bonchev–Trinajstić information content (AvgIpc) is 2.53. The van der Waals surface area contributed by atoms with E-state index in [2.05, 4.69) is 41.5 Å². The van der Waals surface area contributed by atoms with Crippen molar-refractivity contribution in [2.75, 3.05) is 13.2 Å². The predicted molar refractivity (Wildman–Crippen MR) is 111 cm³/mol. The van der Waals surface area contributed by atoms with Gasteiger partial charge in [-0.2, -0.15) is 0 Å². The normalized spacial score (nSPS) is 23.1. The van der Waals surface area contributed by atoms with Crippen molar-refractivity contribution in [3.8, 4) is 0 Å². The van der Waals surface area contributed by atoms with Crippen molar-refractivity contribution in [3.63, 3.8) is 0 Å². The molecule has 0 radical (unpaired) electrons. The van der Waals surface area contributed by atoms with Crippen LogP contribution in [0.5, 0.6) is 0 Å². The van der Waals surface area contributed by atoms with Crippen molar-refractivity contribution in [2.45, 2.75) is 84.1 Å². The highest BCUT2D eigenvalue weighted by atomic mass is 28.4. The van der Waals surface area contributed by atoms with Gasteiger partial charge < -0.3 is 18.3 Å². The number of hydrogen-bond acceptors (Lipinski definition) is 6. The molecule has 0 aromatic rings. The number of rotatable bonds is 6. The Hall–Kier alpha value is -1.44. The van der Waals surface area contributed by atoms with Gasteiger partial charge in [-0.05, 0) is 12.2 Å². The number of carbonyl (C=O) groups is 2. The molecule has 0 amide bonds. The van der Waals surface area contributed by atoms with Crippen LogP contribution in [0.2, 0.25) is 10.1 Å². The summed E-state index contributed by atoms with van der Waals surface area (Å²) in [4.78, 5) is 21.9. The molecule has 160 valence electrons. The van der Waals surface area contributed by atoms with E-state index < -0.39 is 8.56 Å². The lowest BCUT2D eigenvalue weighted by Gasteiger charge is -2.54. The minimum absolute atomic E-state index is 0.141. The van der Waals surface area contributed by atoms with E-state index in [9.17, 15) is 9.59 Å². The fraction of sp³-hybridized carbons (Fsp3) is 0.714. The van der Waals surface area contributed by atoms with Gasteiger partial charge in [-0.1, -0.05) is 53.7 Å². The van der Waals surface area contributed by atoms with Crippen LogP contribution in [0.25, 0.3) is 0 Å². The minimum Gasteiger partial charge on any atom is -0.462 e. The molecule has 7 heteroatoms. The third-order valence-electron chi connectivity index (χ3n) is 4.54. The molecule has 28 heavy (non-hydrogen) atoms. The Morgan fingerprint density at radius 2 is 1.21 bits per heavy atom. The zero-order valence-electron chi connectivity index (χ0n) is 18.5. The molecule has 0 aliphatic carbocycles.